The number of para-hydroxylation sites is 1. The number of benzene rings is 3. The molecule has 0 saturated carbocycles. The molecule has 0 aliphatic heterocycles. The van der Waals surface area contributed by atoms with Crippen LogP contribution in [0.2, 0.25) is 0 Å². The lowest BCUT2D eigenvalue weighted by Gasteiger charge is -2.24. The summed E-state index contributed by atoms with van der Waals surface area (Å²) >= 11 is 1.73. The van der Waals surface area contributed by atoms with E-state index in [-0.39, 0.29) is 5.69 Å². The number of ether oxygens (including phenoxy) is 1. The van der Waals surface area contributed by atoms with Crippen LogP contribution in [0.15, 0.2) is 97.2 Å². The number of fused-ring (bicyclic) bond motifs is 2. The molecule has 6 rings (SSSR count). The third-order valence-electron chi connectivity index (χ3n) is 7.80. The first-order valence-corrected chi connectivity index (χ1v) is 15.7. The Hall–Kier alpha value is -4.66. The number of aryl methyl sites for hydroxylation is 1. The van der Waals surface area contributed by atoms with Crippen LogP contribution >= 0.6 is 11.3 Å². The summed E-state index contributed by atoms with van der Waals surface area (Å²) in [7, 11) is 4.16. The van der Waals surface area contributed by atoms with Crippen LogP contribution in [0.5, 0.6) is 5.75 Å². The Kier molecular flexibility index (Phi) is 8.91. The molecular formula is C36H36N4O3S. The number of pyridine rings is 1. The number of anilines is 1. The first kappa shape index (κ1) is 29.4. The quantitative estimate of drug-likeness (QED) is 0.131. The zero-order chi connectivity index (χ0) is 30.5. The molecule has 0 spiro atoms. The highest BCUT2D eigenvalue weighted by Gasteiger charge is 2.20. The van der Waals surface area contributed by atoms with E-state index in [9.17, 15) is 9.90 Å². The molecule has 8 heteroatoms. The number of likely N-dealkylation sites (N-methyl/N-ethyl adjacent to an activating group) is 1. The van der Waals surface area contributed by atoms with Crippen molar-refractivity contribution in [1.82, 2.24) is 14.9 Å². The molecule has 7 nitrogen and oxygen atoms in total. The van der Waals surface area contributed by atoms with E-state index in [1.807, 2.05) is 60.8 Å². The Morgan fingerprint density at radius 1 is 0.909 bits per heavy atom. The summed E-state index contributed by atoms with van der Waals surface area (Å²) in [5.41, 5.74) is 2.94. The molecule has 44 heavy (non-hydrogen) atoms. The normalized spacial score (nSPS) is 11.4. The Labute approximate surface area is 261 Å². The van der Waals surface area contributed by atoms with Crippen LogP contribution in [-0.2, 0) is 13.0 Å². The zero-order valence-corrected chi connectivity index (χ0v) is 25.8. The smallest absolute Gasteiger partial charge is 0.352 e. The highest BCUT2D eigenvalue weighted by molar-refractivity contribution is 7.15. The number of aromatic amines is 1. The van der Waals surface area contributed by atoms with Crippen molar-refractivity contribution in [2.75, 3.05) is 38.7 Å². The van der Waals surface area contributed by atoms with Crippen LogP contribution in [-0.4, -0.2) is 59.7 Å². The maximum atomic E-state index is 12.3. The topological polar surface area (TPSA) is 81.7 Å². The number of rotatable bonds is 13. The number of aromatic carboxylic acids is 1. The predicted molar refractivity (Wildman–Crippen MR) is 180 cm³/mol. The van der Waals surface area contributed by atoms with Gasteiger partial charge in [-0.3, -0.25) is 0 Å². The molecule has 0 radical (unpaired) electrons. The van der Waals surface area contributed by atoms with Crippen molar-refractivity contribution < 1.29 is 14.6 Å². The molecule has 3 aromatic heterocycles. The van der Waals surface area contributed by atoms with E-state index >= 15 is 0 Å². The number of hydrogen-bond donors (Lipinski definition) is 2. The fourth-order valence-electron chi connectivity index (χ4n) is 5.61. The van der Waals surface area contributed by atoms with E-state index in [2.05, 4.69) is 70.3 Å². The Balaban J connectivity index is 1.21. The number of carboxylic acids is 1. The lowest BCUT2D eigenvalue weighted by Crippen LogP contribution is -2.31. The predicted octanol–water partition coefficient (Wildman–Crippen LogP) is 7.72. The average molecular weight is 605 g/mol. The van der Waals surface area contributed by atoms with Crippen LogP contribution in [0.3, 0.4) is 0 Å². The maximum Gasteiger partial charge on any atom is 0.352 e. The van der Waals surface area contributed by atoms with Crippen molar-refractivity contribution in [1.29, 1.82) is 0 Å². The van der Waals surface area contributed by atoms with Crippen LogP contribution in [0.4, 0.5) is 5.82 Å². The monoisotopic (exact) mass is 604 g/mol. The molecule has 0 atom stereocenters. The van der Waals surface area contributed by atoms with E-state index in [1.54, 1.807) is 11.3 Å². The summed E-state index contributed by atoms with van der Waals surface area (Å²) < 4.78 is 6.15. The highest BCUT2D eigenvalue weighted by Crippen LogP contribution is 2.37. The van der Waals surface area contributed by atoms with E-state index in [0.29, 0.717) is 19.4 Å². The second-order valence-electron chi connectivity index (χ2n) is 11.1. The minimum Gasteiger partial charge on any atom is -0.493 e. The molecule has 0 aliphatic rings. The zero-order valence-electron chi connectivity index (χ0n) is 25.0. The summed E-state index contributed by atoms with van der Waals surface area (Å²) in [5, 5.41) is 13.3. The molecular weight excluding hydrogens is 568 g/mol. The number of nitrogens with one attached hydrogen (secondary N) is 1. The number of nitrogens with zero attached hydrogens (tertiary/aromatic N) is 3. The van der Waals surface area contributed by atoms with Crippen LogP contribution in [0.25, 0.3) is 32.1 Å². The fourth-order valence-corrected chi connectivity index (χ4v) is 6.66. The van der Waals surface area contributed by atoms with Crippen molar-refractivity contribution in [2.45, 2.75) is 19.4 Å². The summed E-state index contributed by atoms with van der Waals surface area (Å²) in [6, 6.07) is 30.6. The molecule has 0 fully saturated rings. The number of hydrogen-bond acceptors (Lipinski definition) is 6. The van der Waals surface area contributed by atoms with Crippen molar-refractivity contribution in [3.05, 3.63) is 113 Å². The van der Waals surface area contributed by atoms with Gasteiger partial charge in [0.25, 0.3) is 0 Å². The van der Waals surface area contributed by atoms with Gasteiger partial charge in [-0.1, -0.05) is 60.7 Å². The van der Waals surface area contributed by atoms with E-state index in [4.69, 9.17) is 4.74 Å². The van der Waals surface area contributed by atoms with Crippen molar-refractivity contribution in [3.8, 4) is 16.2 Å². The van der Waals surface area contributed by atoms with Gasteiger partial charge in [-0.05, 0) is 68.2 Å². The number of thiophene rings is 1. The Bertz CT molecular complexity index is 1870. The summed E-state index contributed by atoms with van der Waals surface area (Å²) in [5.74, 6) is 0.853. The first-order chi connectivity index (χ1) is 21.5. The Morgan fingerprint density at radius 2 is 1.70 bits per heavy atom. The van der Waals surface area contributed by atoms with Gasteiger partial charge in [0.05, 0.1) is 18.7 Å². The van der Waals surface area contributed by atoms with Crippen molar-refractivity contribution >= 4 is 44.8 Å². The third kappa shape index (κ3) is 6.46. The standard InChI is InChI=1S/C36H36N4O3S/c1-39(2)21-22-40(33-17-5-6-20-37-33)24-26-18-19-32(44-26)30-14-8-13-28-29(35(36(41)42)38-34(28)30)15-9-23-43-31-16-7-11-25-10-3-4-12-27(25)31/h3-8,10-14,16-20,38H,9,15,21-24H2,1-2H3,(H,41,42). The lowest BCUT2D eigenvalue weighted by molar-refractivity contribution is 0.0690. The van der Waals surface area contributed by atoms with Gasteiger partial charge in [0.2, 0.25) is 0 Å². The maximum absolute atomic E-state index is 12.3. The SMILES string of the molecule is CN(C)CCN(Cc1ccc(-c2cccc3c(CCCOc4cccc5ccccc45)c(C(=O)O)[nH]c23)s1)c1ccccn1. The molecule has 3 aromatic carbocycles. The third-order valence-corrected chi connectivity index (χ3v) is 8.90. The van der Waals surface area contributed by atoms with E-state index < -0.39 is 5.97 Å². The molecule has 0 bridgehead atoms. The lowest BCUT2D eigenvalue weighted by atomic mass is 10.0. The summed E-state index contributed by atoms with van der Waals surface area (Å²) in [4.78, 5) is 27.0. The number of carboxylic acid groups (broad SMARTS) is 1. The van der Waals surface area contributed by atoms with Crippen LogP contribution in [0, 0.1) is 0 Å². The largest absolute Gasteiger partial charge is 0.493 e. The van der Waals surface area contributed by atoms with Crippen LogP contribution in [0.1, 0.15) is 27.3 Å². The molecule has 2 N–H and O–H groups in total. The van der Waals surface area contributed by atoms with Gasteiger partial charge in [-0.25, -0.2) is 9.78 Å². The van der Waals surface area contributed by atoms with E-state index in [0.717, 1.165) is 68.9 Å². The van der Waals surface area contributed by atoms with Gasteiger partial charge in [0.1, 0.15) is 17.3 Å². The molecule has 0 amide bonds. The first-order valence-electron chi connectivity index (χ1n) is 14.8. The molecule has 0 aliphatic carbocycles. The van der Waals surface area contributed by atoms with Gasteiger partial charge < -0.3 is 24.6 Å². The fraction of sp³-hybridized carbons (Fsp3) is 0.222. The molecule has 224 valence electrons. The highest BCUT2D eigenvalue weighted by atomic mass is 32.1. The second-order valence-corrected chi connectivity index (χ2v) is 12.3. The van der Waals surface area contributed by atoms with Gasteiger partial charge in [0, 0.05) is 45.4 Å². The molecule has 0 unspecified atom stereocenters. The number of aromatic nitrogens is 2. The average Bonchev–Trinajstić information content (AvgIpc) is 3.66. The van der Waals surface area contributed by atoms with E-state index in [1.165, 1.54) is 4.88 Å². The van der Waals surface area contributed by atoms with Gasteiger partial charge in [-0.15, -0.1) is 11.3 Å². The van der Waals surface area contributed by atoms with Crippen molar-refractivity contribution in [2.24, 2.45) is 0 Å². The molecule has 0 saturated heterocycles. The molecule has 3 heterocycles. The number of H-pyrrole nitrogens is 1. The molecule has 6 aromatic rings. The summed E-state index contributed by atoms with van der Waals surface area (Å²) in [6.45, 7) is 3.02. The Morgan fingerprint density at radius 3 is 2.52 bits per heavy atom. The minimum absolute atomic E-state index is 0.249. The van der Waals surface area contributed by atoms with Crippen LogP contribution < -0.4 is 9.64 Å². The minimum atomic E-state index is -0.948. The van der Waals surface area contributed by atoms with Crippen molar-refractivity contribution in [3.63, 3.8) is 0 Å². The summed E-state index contributed by atoms with van der Waals surface area (Å²) in [6.07, 6.45) is 3.12. The van der Waals surface area contributed by atoms with Gasteiger partial charge in [0.15, 0.2) is 0 Å². The van der Waals surface area contributed by atoms with Gasteiger partial charge >= 0.3 is 5.97 Å². The number of carbonyl (C=O) groups is 1. The van der Waals surface area contributed by atoms with Gasteiger partial charge in [-0.2, -0.15) is 0 Å². The second kappa shape index (κ2) is 13.3.